The van der Waals surface area contributed by atoms with Gasteiger partial charge in [-0.15, -0.1) is 0 Å². The molecule has 0 amide bonds. The van der Waals surface area contributed by atoms with Gasteiger partial charge >= 0.3 is 0 Å². The van der Waals surface area contributed by atoms with Crippen LogP contribution in [-0.2, 0) is 0 Å². The average molecular weight is 184 g/mol. The minimum atomic E-state index is 0.494. The van der Waals surface area contributed by atoms with Crippen LogP contribution in [0.15, 0.2) is 12.3 Å². The topological polar surface area (TPSA) is 15.3 Å². The number of nitrogens with zero attached hydrogens (tertiary/aromatic N) is 1. The third-order valence-corrected chi connectivity index (χ3v) is 1.68. The molecule has 0 aliphatic rings. The van der Waals surface area contributed by atoms with E-state index in [1.54, 1.807) is 0 Å². The molecule has 0 aliphatic carbocycles. The van der Waals surface area contributed by atoms with Gasteiger partial charge in [0, 0.05) is 18.3 Å². The highest BCUT2D eigenvalue weighted by Gasteiger charge is 2.04. The SMILES string of the molecule is CCC/C=C\N(NC(C)C)C(C)C. The summed E-state index contributed by atoms with van der Waals surface area (Å²) in [5.74, 6) is 0. The first kappa shape index (κ1) is 12.5. The van der Waals surface area contributed by atoms with Crippen LogP contribution in [0.1, 0.15) is 47.5 Å². The molecule has 2 nitrogen and oxygen atoms in total. The van der Waals surface area contributed by atoms with Crippen LogP contribution in [0, 0.1) is 0 Å². The van der Waals surface area contributed by atoms with E-state index in [-0.39, 0.29) is 0 Å². The van der Waals surface area contributed by atoms with Crippen LogP contribution in [0.2, 0.25) is 0 Å². The Kier molecular flexibility index (Phi) is 6.69. The molecule has 13 heavy (non-hydrogen) atoms. The Morgan fingerprint density at radius 1 is 1.23 bits per heavy atom. The van der Waals surface area contributed by atoms with E-state index in [9.17, 15) is 0 Å². The van der Waals surface area contributed by atoms with Gasteiger partial charge in [-0.1, -0.05) is 19.4 Å². The highest BCUT2D eigenvalue weighted by Crippen LogP contribution is 1.98. The summed E-state index contributed by atoms with van der Waals surface area (Å²) in [6.45, 7) is 10.9. The Bertz CT molecular complexity index is 139. The van der Waals surface area contributed by atoms with Gasteiger partial charge in [0.05, 0.1) is 0 Å². The standard InChI is InChI=1S/C11H24N2/c1-6-7-8-9-13(11(4)5)12-10(2)3/h8-12H,6-7H2,1-5H3/b9-8-. The number of hydrogen-bond donors (Lipinski definition) is 1. The molecule has 0 unspecified atom stereocenters. The van der Waals surface area contributed by atoms with E-state index in [4.69, 9.17) is 0 Å². The van der Waals surface area contributed by atoms with Crippen molar-refractivity contribution < 1.29 is 0 Å². The number of allylic oxidation sites excluding steroid dienone is 1. The molecule has 1 N–H and O–H groups in total. The van der Waals surface area contributed by atoms with Crippen molar-refractivity contribution in [3.05, 3.63) is 12.3 Å². The summed E-state index contributed by atoms with van der Waals surface area (Å²) >= 11 is 0. The zero-order chi connectivity index (χ0) is 10.3. The molecular weight excluding hydrogens is 160 g/mol. The lowest BCUT2D eigenvalue weighted by Crippen LogP contribution is -2.42. The normalized spacial score (nSPS) is 11.9. The first-order valence-electron chi connectivity index (χ1n) is 5.29. The van der Waals surface area contributed by atoms with E-state index in [1.807, 2.05) is 0 Å². The summed E-state index contributed by atoms with van der Waals surface area (Å²) in [5.41, 5.74) is 3.38. The van der Waals surface area contributed by atoms with Gasteiger partial charge in [0.25, 0.3) is 0 Å². The van der Waals surface area contributed by atoms with E-state index in [1.165, 1.54) is 6.42 Å². The Morgan fingerprint density at radius 3 is 2.23 bits per heavy atom. The average Bonchev–Trinajstić information content (AvgIpc) is 2.02. The van der Waals surface area contributed by atoms with E-state index < -0.39 is 0 Å². The van der Waals surface area contributed by atoms with Crippen molar-refractivity contribution in [2.45, 2.75) is 59.5 Å². The van der Waals surface area contributed by atoms with Gasteiger partial charge in [0.2, 0.25) is 0 Å². The Labute approximate surface area is 83.0 Å². The molecule has 0 rings (SSSR count). The van der Waals surface area contributed by atoms with Gasteiger partial charge in [-0.25, -0.2) is 5.43 Å². The Balaban J connectivity index is 3.94. The highest BCUT2D eigenvalue weighted by molar-refractivity contribution is 4.82. The van der Waals surface area contributed by atoms with Crippen molar-refractivity contribution in [3.63, 3.8) is 0 Å². The van der Waals surface area contributed by atoms with Crippen molar-refractivity contribution in [2.24, 2.45) is 0 Å². The molecule has 0 aromatic rings. The minimum absolute atomic E-state index is 0.494. The second-order valence-corrected chi connectivity index (χ2v) is 3.96. The second-order valence-electron chi connectivity index (χ2n) is 3.96. The monoisotopic (exact) mass is 184 g/mol. The number of hydrazine groups is 1. The lowest BCUT2D eigenvalue weighted by Gasteiger charge is -2.27. The van der Waals surface area contributed by atoms with Crippen LogP contribution in [0.25, 0.3) is 0 Å². The number of nitrogens with one attached hydrogen (secondary N) is 1. The van der Waals surface area contributed by atoms with Crippen LogP contribution in [-0.4, -0.2) is 17.1 Å². The summed E-state index contributed by atoms with van der Waals surface area (Å²) in [6, 6.07) is 1.00. The molecule has 0 atom stereocenters. The maximum Gasteiger partial charge on any atom is 0.0391 e. The predicted molar refractivity (Wildman–Crippen MR) is 59.3 cm³/mol. The summed E-state index contributed by atoms with van der Waals surface area (Å²) in [6.07, 6.45) is 6.73. The molecule has 0 aliphatic heterocycles. The van der Waals surface area contributed by atoms with Gasteiger partial charge in [-0.3, -0.25) is 0 Å². The summed E-state index contributed by atoms with van der Waals surface area (Å²) in [4.78, 5) is 0. The fourth-order valence-corrected chi connectivity index (χ4v) is 1.02. The summed E-state index contributed by atoms with van der Waals surface area (Å²) in [7, 11) is 0. The highest BCUT2D eigenvalue weighted by atomic mass is 15.5. The fraction of sp³-hybridized carbons (Fsp3) is 0.818. The third kappa shape index (κ3) is 6.64. The molecule has 0 radical (unpaired) electrons. The fourth-order valence-electron chi connectivity index (χ4n) is 1.02. The maximum atomic E-state index is 3.38. The van der Waals surface area contributed by atoms with Crippen molar-refractivity contribution >= 4 is 0 Å². The lowest BCUT2D eigenvalue weighted by atomic mass is 10.3. The Hall–Kier alpha value is -0.500. The van der Waals surface area contributed by atoms with Gasteiger partial charge in [-0.2, -0.15) is 0 Å². The number of rotatable bonds is 6. The molecule has 0 bridgehead atoms. The first-order chi connectivity index (χ1) is 6.07. The Morgan fingerprint density at radius 2 is 1.85 bits per heavy atom. The van der Waals surface area contributed by atoms with Gasteiger partial charge in [0.15, 0.2) is 0 Å². The van der Waals surface area contributed by atoms with Crippen molar-refractivity contribution in [1.82, 2.24) is 10.4 Å². The van der Waals surface area contributed by atoms with Crippen molar-refractivity contribution in [1.29, 1.82) is 0 Å². The molecule has 0 spiro atoms. The molecule has 0 heterocycles. The van der Waals surface area contributed by atoms with E-state index in [0.717, 1.165) is 6.42 Å². The lowest BCUT2D eigenvalue weighted by molar-refractivity contribution is 0.196. The van der Waals surface area contributed by atoms with Crippen LogP contribution in [0.3, 0.4) is 0 Å². The van der Waals surface area contributed by atoms with E-state index in [2.05, 4.69) is 57.3 Å². The minimum Gasteiger partial charge on any atom is -0.313 e. The first-order valence-corrected chi connectivity index (χ1v) is 5.29. The van der Waals surface area contributed by atoms with Crippen LogP contribution in [0.5, 0.6) is 0 Å². The van der Waals surface area contributed by atoms with Crippen LogP contribution < -0.4 is 5.43 Å². The van der Waals surface area contributed by atoms with Crippen LogP contribution in [0.4, 0.5) is 0 Å². The largest absolute Gasteiger partial charge is 0.313 e. The third-order valence-electron chi connectivity index (χ3n) is 1.68. The maximum absolute atomic E-state index is 3.38. The van der Waals surface area contributed by atoms with E-state index >= 15 is 0 Å². The molecule has 0 saturated heterocycles. The predicted octanol–water partition coefficient (Wildman–Crippen LogP) is 2.92. The number of hydrogen-bond acceptors (Lipinski definition) is 2. The van der Waals surface area contributed by atoms with Gasteiger partial charge in [0.1, 0.15) is 0 Å². The van der Waals surface area contributed by atoms with Gasteiger partial charge < -0.3 is 5.01 Å². The smallest absolute Gasteiger partial charge is 0.0391 e. The van der Waals surface area contributed by atoms with E-state index in [0.29, 0.717) is 12.1 Å². The molecule has 0 aromatic carbocycles. The summed E-state index contributed by atoms with van der Waals surface area (Å²) in [5, 5.41) is 2.17. The second kappa shape index (κ2) is 6.96. The molecule has 0 aromatic heterocycles. The molecule has 2 heteroatoms. The molecule has 0 saturated carbocycles. The quantitative estimate of drug-likeness (QED) is 0.638. The van der Waals surface area contributed by atoms with Crippen molar-refractivity contribution in [3.8, 4) is 0 Å². The number of unbranched alkanes of at least 4 members (excludes halogenated alkanes) is 1. The van der Waals surface area contributed by atoms with Crippen molar-refractivity contribution in [2.75, 3.05) is 0 Å². The van der Waals surface area contributed by atoms with Gasteiger partial charge in [-0.05, 0) is 34.1 Å². The van der Waals surface area contributed by atoms with Crippen LogP contribution >= 0.6 is 0 Å². The zero-order valence-corrected chi connectivity index (χ0v) is 9.67. The molecule has 78 valence electrons. The summed E-state index contributed by atoms with van der Waals surface area (Å²) < 4.78 is 0. The molecule has 0 fully saturated rings. The molecular formula is C11H24N2. The zero-order valence-electron chi connectivity index (χ0n) is 9.67.